The van der Waals surface area contributed by atoms with Crippen LogP contribution in [0.15, 0.2) is 47.3 Å². The van der Waals surface area contributed by atoms with Gasteiger partial charge in [0.2, 0.25) is 0 Å². The van der Waals surface area contributed by atoms with Crippen LogP contribution in [0.4, 0.5) is 0 Å². The van der Waals surface area contributed by atoms with Gasteiger partial charge in [-0.2, -0.15) is 4.98 Å². The lowest BCUT2D eigenvalue weighted by atomic mass is 9.98. The Morgan fingerprint density at radius 1 is 1.14 bits per heavy atom. The first-order valence-electron chi connectivity index (χ1n) is 12.0. The van der Waals surface area contributed by atoms with Crippen molar-refractivity contribution in [3.63, 3.8) is 0 Å². The first-order valence-corrected chi connectivity index (χ1v) is 12.8. The molecular formula is C27H28Cl2N4O4. The molecule has 1 aliphatic rings. The minimum absolute atomic E-state index is 0.141. The molecule has 1 N–H and O–H groups in total. The van der Waals surface area contributed by atoms with Gasteiger partial charge in [-0.15, -0.1) is 0 Å². The first kappa shape index (κ1) is 26.7. The highest BCUT2D eigenvalue weighted by Gasteiger charge is 2.32. The van der Waals surface area contributed by atoms with Crippen molar-refractivity contribution in [2.24, 2.45) is 0 Å². The van der Waals surface area contributed by atoms with Gasteiger partial charge in [0.05, 0.1) is 34.1 Å². The van der Waals surface area contributed by atoms with Crippen molar-refractivity contribution in [2.45, 2.75) is 52.3 Å². The Morgan fingerprint density at radius 2 is 1.81 bits per heavy atom. The molecule has 2 aromatic carbocycles. The highest BCUT2D eigenvalue weighted by atomic mass is 35.5. The molecule has 1 aromatic heterocycles. The number of rotatable bonds is 6. The quantitative estimate of drug-likeness (QED) is 0.488. The van der Waals surface area contributed by atoms with Crippen LogP contribution in [0.5, 0.6) is 6.01 Å². The Morgan fingerprint density at radius 3 is 2.43 bits per heavy atom. The fourth-order valence-electron chi connectivity index (χ4n) is 4.18. The van der Waals surface area contributed by atoms with Gasteiger partial charge in [-0.3, -0.25) is 14.4 Å². The lowest BCUT2D eigenvalue weighted by Crippen LogP contribution is -2.46. The number of benzene rings is 2. The first-order chi connectivity index (χ1) is 17.6. The highest BCUT2D eigenvalue weighted by molar-refractivity contribution is 6.42. The van der Waals surface area contributed by atoms with E-state index >= 15 is 0 Å². The Bertz CT molecular complexity index is 1400. The third kappa shape index (κ3) is 5.36. The molecule has 2 atom stereocenters. The maximum atomic E-state index is 13.8. The Balaban J connectivity index is 1.76. The van der Waals surface area contributed by atoms with Crippen LogP contribution in [0.25, 0.3) is 5.69 Å². The van der Waals surface area contributed by atoms with Crippen LogP contribution in [-0.2, 0) is 13.0 Å². The minimum Gasteiger partial charge on any atom is -0.461 e. The fraction of sp³-hybridized carbons (Fsp3) is 0.333. The van der Waals surface area contributed by atoms with Gasteiger partial charge in [-0.05, 0) is 69.2 Å². The third-order valence-corrected chi connectivity index (χ3v) is 7.25. The molecule has 0 saturated carbocycles. The SMILES string of the molecule is CC[C@@H](C)Oc1nc2c(c(=O)n1-c1ccc(C(=O)NC)cc1)C[C@@H](C)N(C(=O)c1ccc(Cl)c(Cl)c1)C2. The monoisotopic (exact) mass is 542 g/mol. The normalized spacial score (nSPS) is 15.6. The molecule has 194 valence electrons. The molecular weight excluding hydrogens is 515 g/mol. The molecule has 1 aliphatic heterocycles. The molecule has 2 amide bonds. The number of hydrogen-bond donors (Lipinski definition) is 1. The van der Waals surface area contributed by atoms with Gasteiger partial charge in [0.15, 0.2) is 0 Å². The molecule has 0 bridgehead atoms. The second-order valence-corrected chi connectivity index (χ2v) is 9.85. The van der Waals surface area contributed by atoms with Crippen LogP contribution < -0.4 is 15.6 Å². The number of aromatic nitrogens is 2. The van der Waals surface area contributed by atoms with Gasteiger partial charge < -0.3 is 15.0 Å². The number of halogens is 2. The number of ether oxygens (including phenoxy) is 1. The Kier molecular flexibility index (Phi) is 7.90. The van der Waals surface area contributed by atoms with E-state index in [1.807, 2.05) is 20.8 Å². The van der Waals surface area contributed by atoms with Crippen molar-refractivity contribution < 1.29 is 14.3 Å². The summed E-state index contributed by atoms with van der Waals surface area (Å²) in [5.41, 5.74) is 2.17. The van der Waals surface area contributed by atoms with Gasteiger partial charge in [0.25, 0.3) is 17.4 Å². The zero-order valence-corrected chi connectivity index (χ0v) is 22.6. The minimum atomic E-state index is -0.260. The van der Waals surface area contributed by atoms with Crippen LogP contribution in [0, 0.1) is 0 Å². The molecule has 0 saturated heterocycles. The van der Waals surface area contributed by atoms with Gasteiger partial charge in [-0.25, -0.2) is 4.57 Å². The van der Waals surface area contributed by atoms with Crippen LogP contribution >= 0.6 is 23.2 Å². The van der Waals surface area contributed by atoms with Crippen LogP contribution in [-0.4, -0.2) is 45.5 Å². The van der Waals surface area contributed by atoms with Gasteiger partial charge in [0, 0.05) is 29.8 Å². The standard InChI is InChI=1S/C27H28Cl2N4O4/c1-5-16(3)37-27-31-23-14-32(25(35)18-8-11-21(28)22(29)13-18)15(2)12-20(23)26(36)33(27)19-9-6-17(7-10-19)24(34)30-4/h6-11,13,15-16H,5,12,14H2,1-4H3,(H,30,34)/t15-,16-/m1/s1. The molecule has 0 unspecified atom stereocenters. The van der Waals surface area contributed by atoms with E-state index in [0.29, 0.717) is 51.0 Å². The molecule has 0 spiro atoms. The molecule has 8 nitrogen and oxygen atoms in total. The lowest BCUT2D eigenvalue weighted by Gasteiger charge is -2.34. The molecule has 0 radical (unpaired) electrons. The average Bonchev–Trinajstić information content (AvgIpc) is 2.89. The van der Waals surface area contributed by atoms with Crippen molar-refractivity contribution in [3.05, 3.63) is 85.2 Å². The number of nitrogens with one attached hydrogen (secondary N) is 1. The van der Waals surface area contributed by atoms with Gasteiger partial charge in [-0.1, -0.05) is 30.1 Å². The van der Waals surface area contributed by atoms with E-state index in [2.05, 4.69) is 5.32 Å². The number of nitrogens with zero attached hydrogens (tertiary/aromatic N) is 3. The smallest absolute Gasteiger partial charge is 0.304 e. The van der Waals surface area contributed by atoms with E-state index in [4.69, 9.17) is 32.9 Å². The van der Waals surface area contributed by atoms with E-state index in [9.17, 15) is 14.4 Å². The zero-order valence-electron chi connectivity index (χ0n) is 21.0. The Labute approximate surface area is 225 Å². The second-order valence-electron chi connectivity index (χ2n) is 9.04. The summed E-state index contributed by atoms with van der Waals surface area (Å²) in [5.74, 6) is -0.448. The molecule has 0 aliphatic carbocycles. The third-order valence-electron chi connectivity index (χ3n) is 6.51. The summed E-state index contributed by atoms with van der Waals surface area (Å²) in [4.78, 5) is 45.5. The molecule has 37 heavy (non-hydrogen) atoms. The fourth-order valence-corrected chi connectivity index (χ4v) is 4.48. The van der Waals surface area contributed by atoms with Crippen molar-refractivity contribution in [1.82, 2.24) is 19.8 Å². The summed E-state index contributed by atoms with van der Waals surface area (Å²) in [7, 11) is 1.56. The summed E-state index contributed by atoms with van der Waals surface area (Å²) < 4.78 is 7.50. The number of hydrogen-bond acceptors (Lipinski definition) is 5. The second kappa shape index (κ2) is 10.9. The summed E-state index contributed by atoms with van der Waals surface area (Å²) in [5, 5.41) is 3.25. The molecule has 10 heteroatoms. The van der Waals surface area contributed by atoms with E-state index in [0.717, 1.165) is 0 Å². The maximum absolute atomic E-state index is 13.8. The average molecular weight is 543 g/mol. The Hall–Kier alpha value is -3.36. The lowest BCUT2D eigenvalue weighted by molar-refractivity contribution is 0.0650. The molecule has 2 heterocycles. The number of amides is 2. The van der Waals surface area contributed by atoms with E-state index in [-0.39, 0.29) is 42.1 Å². The number of carbonyl (C=O) groups is 2. The van der Waals surface area contributed by atoms with Crippen LogP contribution in [0.1, 0.15) is 59.2 Å². The van der Waals surface area contributed by atoms with Gasteiger partial charge >= 0.3 is 6.01 Å². The van der Waals surface area contributed by atoms with Crippen molar-refractivity contribution in [1.29, 1.82) is 0 Å². The number of carbonyl (C=O) groups excluding carboxylic acids is 2. The van der Waals surface area contributed by atoms with Crippen molar-refractivity contribution in [2.75, 3.05) is 7.05 Å². The summed E-state index contributed by atoms with van der Waals surface area (Å²) >= 11 is 12.1. The highest BCUT2D eigenvalue weighted by Crippen LogP contribution is 2.28. The maximum Gasteiger partial charge on any atom is 0.304 e. The van der Waals surface area contributed by atoms with Gasteiger partial charge in [0.1, 0.15) is 0 Å². The largest absolute Gasteiger partial charge is 0.461 e. The zero-order chi connectivity index (χ0) is 26.9. The molecule has 3 aromatic rings. The van der Waals surface area contributed by atoms with E-state index in [1.54, 1.807) is 54.4 Å². The summed E-state index contributed by atoms with van der Waals surface area (Å²) in [6.45, 7) is 5.91. The predicted molar refractivity (Wildman–Crippen MR) is 143 cm³/mol. The summed E-state index contributed by atoms with van der Waals surface area (Å²) in [6.07, 6.45) is 0.841. The predicted octanol–water partition coefficient (Wildman–Crippen LogP) is 4.66. The summed E-state index contributed by atoms with van der Waals surface area (Å²) in [6, 6.07) is 11.3. The topological polar surface area (TPSA) is 93.5 Å². The van der Waals surface area contributed by atoms with Crippen molar-refractivity contribution in [3.8, 4) is 11.7 Å². The van der Waals surface area contributed by atoms with E-state index in [1.165, 1.54) is 4.57 Å². The van der Waals surface area contributed by atoms with Crippen LogP contribution in [0.3, 0.4) is 0 Å². The van der Waals surface area contributed by atoms with Crippen LogP contribution in [0.2, 0.25) is 10.0 Å². The van der Waals surface area contributed by atoms with Crippen molar-refractivity contribution >= 4 is 35.0 Å². The van der Waals surface area contributed by atoms with E-state index < -0.39 is 0 Å². The molecule has 0 fully saturated rings. The number of fused-ring (bicyclic) bond motifs is 1. The molecule has 4 rings (SSSR count).